The molecule has 0 spiro atoms. The highest BCUT2D eigenvalue weighted by Gasteiger charge is 2.20. The Balaban J connectivity index is 0.00000645. The first-order chi connectivity index (χ1) is 20.3. The van der Waals surface area contributed by atoms with E-state index in [1.54, 1.807) is 0 Å². The van der Waals surface area contributed by atoms with E-state index in [1.165, 1.54) is 75.5 Å². The zero-order valence-electron chi connectivity index (χ0n) is 27.3. The Morgan fingerprint density at radius 1 is 0.884 bits per heavy atom. The van der Waals surface area contributed by atoms with Crippen LogP contribution in [0.3, 0.4) is 0 Å². The Labute approximate surface area is 276 Å². The second-order valence-electron chi connectivity index (χ2n) is 12.7. The number of hydrogen-bond donors (Lipinski definition) is 2. The number of halogens is 1. The summed E-state index contributed by atoms with van der Waals surface area (Å²) in [7, 11) is 0. The molecule has 3 rings (SSSR count). The molecule has 1 heterocycles. The lowest BCUT2D eigenvalue weighted by Crippen LogP contribution is -2.22. The summed E-state index contributed by atoms with van der Waals surface area (Å²) in [6.07, 6.45) is 18.2. The van der Waals surface area contributed by atoms with Crippen molar-refractivity contribution < 1.29 is 9.53 Å². The number of carbonyl (C=O) groups excluding carboxylic acids is 1. The maximum absolute atomic E-state index is 13.0. The fourth-order valence-corrected chi connectivity index (χ4v) is 6.10. The van der Waals surface area contributed by atoms with Gasteiger partial charge in [-0.15, -0.1) is 28.7 Å². The van der Waals surface area contributed by atoms with Crippen molar-refractivity contribution in [1.82, 2.24) is 4.90 Å². The number of urea groups is 1. The van der Waals surface area contributed by atoms with E-state index in [0.29, 0.717) is 0 Å². The van der Waals surface area contributed by atoms with Crippen LogP contribution in [0, 0.1) is 0 Å². The minimum Gasteiger partial charge on any atom is -0.493 e. The number of amides is 2. The molecule has 2 N–H and O–H groups in total. The summed E-state index contributed by atoms with van der Waals surface area (Å²) in [4.78, 5) is 16.6. The van der Waals surface area contributed by atoms with Gasteiger partial charge in [0, 0.05) is 29.7 Å². The van der Waals surface area contributed by atoms with Crippen molar-refractivity contribution in [2.75, 3.05) is 23.1 Å². The number of ether oxygens (including phenoxy) is 1. The summed E-state index contributed by atoms with van der Waals surface area (Å²) in [6.45, 7) is 12.5. The molecule has 43 heavy (non-hydrogen) atoms. The number of allylic oxidation sites excluding steroid dienone is 1. The number of hydrogen-bond acceptors (Lipinski definition) is 4. The van der Waals surface area contributed by atoms with Crippen molar-refractivity contribution in [2.45, 2.75) is 124 Å². The molecule has 7 heteroatoms. The lowest BCUT2D eigenvalue weighted by atomic mass is 9.86. The third-order valence-electron chi connectivity index (χ3n) is 7.76. The highest BCUT2D eigenvalue weighted by Crippen LogP contribution is 2.34. The summed E-state index contributed by atoms with van der Waals surface area (Å²) >= 11 is 1.84. The molecule has 1 aliphatic rings. The van der Waals surface area contributed by atoms with Crippen LogP contribution in [0.15, 0.2) is 53.6 Å². The van der Waals surface area contributed by atoms with E-state index in [4.69, 9.17) is 4.74 Å². The topological polar surface area (TPSA) is 53.6 Å². The number of nitrogens with zero attached hydrogens (tertiary/aromatic N) is 1. The zero-order chi connectivity index (χ0) is 30.2. The first-order valence-corrected chi connectivity index (χ1v) is 17.2. The fourth-order valence-electron chi connectivity index (χ4n) is 5.34. The smallest absolute Gasteiger partial charge is 0.323 e. The van der Waals surface area contributed by atoms with Crippen molar-refractivity contribution in [3.63, 3.8) is 0 Å². The molecule has 240 valence electrons. The Morgan fingerprint density at radius 2 is 1.51 bits per heavy atom. The van der Waals surface area contributed by atoms with Gasteiger partial charge < -0.3 is 20.3 Å². The Kier molecular flexibility index (Phi) is 17.3. The molecule has 5 nitrogen and oxygen atoms in total. The average molecular weight is 675 g/mol. The summed E-state index contributed by atoms with van der Waals surface area (Å²) in [5.74, 6) is 1.85. The van der Waals surface area contributed by atoms with E-state index in [-0.39, 0.29) is 28.4 Å². The second kappa shape index (κ2) is 20.0. The number of unbranched alkanes of at least 4 members (excludes halogenated alkanes) is 11. The molecule has 0 atom stereocenters. The van der Waals surface area contributed by atoms with Crippen LogP contribution in [-0.4, -0.2) is 23.4 Å². The molecule has 0 aliphatic carbocycles. The Bertz CT molecular complexity index is 1130. The van der Waals surface area contributed by atoms with Gasteiger partial charge in [0.2, 0.25) is 0 Å². The molecule has 0 fully saturated rings. The van der Waals surface area contributed by atoms with E-state index in [1.807, 2.05) is 42.1 Å². The SMILES string of the molecule is Br.CCCCCCCCCCCCCCOc1ccc(NC(=O)Nc2ccccc2CN2C=C(C)SC2)cc1C(C)(C)C. The maximum Gasteiger partial charge on any atom is 0.323 e. The van der Waals surface area contributed by atoms with Crippen molar-refractivity contribution in [3.8, 4) is 5.75 Å². The average Bonchev–Trinajstić information content (AvgIpc) is 3.36. The Morgan fingerprint density at radius 3 is 2.12 bits per heavy atom. The molecule has 0 bridgehead atoms. The summed E-state index contributed by atoms with van der Waals surface area (Å²) in [5, 5.41) is 6.10. The number of nitrogens with one attached hydrogen (secondary N) is 2. The van der Waals surface area contributed by atoms with Crippen LogP contribution in [0.5, 0.6) is 5.75 Å². The highest BCUT2D eigenvalue weighted by atomic mass is 79.9. The fraction of sp³-hybridized carbons (Fsp3) is 0.583. The van der Waals surface area contributed by atoms with E-state index in [9.17, 15) is 4.79 Å². The number of anilines is 2. The summed E-state index contributed by atoms with van der Waals surface area (Å²) in [6, 6.07) is 13.8. The van der Waals surface area contributed by atoms with Gasteiger partial charge in [0.05, 0.1) is 12.5 Å². The maximum atomic E-state index is 13.0. The second-order valence-corrected chi connectivity index (χ2v) is 13.9. The van der Waals surface area contributed by atoms with Gasteiger partial charge in [-0.25, -0.2) is 4.79 Å². The van der Waals surface area contributed by atoms with Crippen LogP contribution >= 0.6 is 28.7 Å². The minimum atomic E-state index is -0.241. The van der Waals surface area contributed by atoms with Gasteiger partial charge in [0.15, 0.2) is 0 Å². The summed E-state index contributed by atoms with van der Waals surface area (Å²) < 4.78 is 6.26. The monoisotopic (exact) mass is 673 g/mol. The van der Waals surface area contributed by atoms with Gasteiger partial charge in [-0.3, -0.25) is 0 Å². The van der Waals surface area contributed by atoms with Gasteiger partial charge in [-0.05, 0) is 53.5 Å². The minimum absolute atomic E-state index is 0. The number of benzene rings is 2. The van der Waals surface area contributed by atoms with Crippen LogP contribution in [0.2, 0.25) is 0 Å². The number of thioether (sulfide) groups is 1. The molecule has 0 aromatic heterocycles. The van der Waals surface area contributed by atoms with Crippen LogP contribution < -0.4 is 15.4 Å². The molecule has 2 aromatic rings. The van der Waals surface area contributed by atoms with Crippen LogP contribution in [0.25, 0.3) is 0 Å². The standard InChI is InChI=1S/C36H55N3O2S.BrH/c1-6-7-8-9-10-11-12-13-14-15-16-19-24-41-34-23-22-31(25-32(34)36(3,4)5)37-35(40)38-33-21-18-17-20-30(33)27-39-26-29(2)42-28-39;/h17-18,20-23,25-26H,6-16,19,24,27-28H2,1-5H3,(H2,37,38,40);1H. The molecule has 2 aromatic carbocycles. The molecule has 0 saturated heterocycles. The predicted molar refractivity (Wildman–Crippen MR) is 193 cm³/mol. The van der Waals surface area contributed by atoms with Crippen LogP contribution in [0.1, 0.15) is 123 Å². The van der Waals surface area contributed by atoms with Crippen molar-refractivity contribution in [1.29, 1.82) is 0 Å². The van der Waals surface area contributed by atoms with Gasteiger partial charge in [-0.2, -0.15) is 0 Å². The lowest BCUT2D eigenvalue weighted by molar-refractivity contribution is 0.262. The molecule has 1 aliphatic heterocycles. The third-order valence-corrected chi connectivity index (χ3v) is 8.78. The largest absolute Gasteiger partial charge is 0.493 e. The molecule has 0 saturated carbocycles. The van der Waals surface area contributed by atoms with Crippen molar-refractivity contribution in [2.24, 2.45) is 0 Å². The van der Waals surface area contributed by atoms with Gasteiger partial charge in [-0.1, -0.05) is 117 Å². The van der Waals surface area contributed by atoms with Crippen molar-refractivity contribution >= 4 is 46.1 Å². The van der Waals surface area contributed by atoms with Crippen LogP contribution in [-0.2, 0) is 12.0 Å². The lowest BCUT2D eigenvalue weighted by Gasteiger charge is -2.24. The van der Waals surface area contributed by atoms with Gasteiger partial charge in [0.1, 0.15) is 5.75 Å². The van der Waals surface area contributed by atoms with E-state index in [2.05, 4.69) is 68.5 Å². The normalized spacial score (nSPS) is 13.0. The van der Waals surface area contributed by atoms with Gasteiger partial charge in [0.25, 0.3) is 0 Å². The van der Waals surface area contributed by atoms with Crippen LogP contribution in [0.4, 0.5) is 16.2 Å². The third kappa shape index (κ3) is 14.0. The molecular formula is C36H56BrN3O2S. The highest BCUT2D eigenvalue weighted by molar-refractivity contribution is 8.93. The number of para-hydroxylation sites is 1. The Hall–Kier alpha value is -2.12. The zero-order valence-corrected chi connectivity index (χ0v) is 29.8. The molecule has 0 unspecified atom stereocenters. The number of carbonyl (C=O) groups is 1. The van der Waals surface area contributed by atoms with E-state index >= 15 is 0 Å². The predicted octanol–water partition coefficient (Wildman–Crippen LogP) is 11.7. The quantitative estimate of drug-likeness (QED) is 0.155. The number of rotatable bonds is 18. The van der Waals surface area contributed by atoms with E-state index in [0.717, 1.165) is 53.7 Å². The molecule has 0 radical (unpaired) electrons. The summed E-state index contributed by atoms with van der Waals surface area (Å²) in [5.41, 5.74) is 3.69. The molecular weight excluding hydrogens is 618 g/mol. The first kappa shape index (κ1) is 37.1. The van der Waals surface area contributed by atoms with Crippen molar-refractivity contribution in [3.05, 3.63) is 64.7 Å². The molecule has 2 amide bonds. The van der Waals surface area contributed by atoms with E-state index < -0.39 is 0 Å². The first-order valence-electron chi connectivity index (χ1n) is 16.2. The van der Waals surface area contributed by atoms with Gasteiger partial charge >= 0.3 is 6.03 Å².